The number of anilines is 1. The molecule has 2 aromatic rings. The van der Waals surface area contributed by atoms with Crippen LogP contribution in [0.25, 0.3) is 0 Å². The quantitative estimate of drug-likeness (QED) is 0.881. The zero-order valence-electron chi connectivity index (χ0n) is 12.7. The van der Waals surface area contributed by atoms with Crippen LogP contribution in [-0.2, 0) is 11.2 Å². The molecule has 112 valence electrons. The van der Waals surface area contributed by atoms with Gasteiger partial charge in [-0.1, -0.05) is 62.4 Å². The van der Waals surface area contributed by atoms with Crippen LogP contribution in [0.5, 0.6) is 0 Å². The lowest BCUT2D eigenvalue weighted by atomic mass is 9.98. The summed E-state index contributed by atoms with van der Waals surface area (Å²) in [6.45, 7) is 6.33. The smallest absolute Gasteiger partial charge is 0.226 e. The van der Waals surface area contributed by atoms with Gasteiger partial charge in [-0.05, 0) is 17.4 Å². The minimum absolute atomic E-state index is 0.0152. The van der Waals surface area contributed by atoms with Crippen molar-refractivity contribution in [2.24, 2.45) is 5.92 Å². The largest absolute Gasteiger partial charge is 0.301 e. The number of carbonyl (C=O) groups excluding carboxylic acids is 1. The number of nitrogens with zero attached hydrogens (tertiary/aromatic N) is 2. The van der Waals surface area contributed by atoms with Crippen molar-refractivity contribution in [2.75, 3.05) is 5.32 Å². The van der Waals surface area contributed by atoms with Crippen LogP contribution in [0.2, 0.25) is 0 Å². The molecule has 1 heterocycles. The van der Waals surface area contributed by atoms with Gasteiger partial charge in [-0.15, -0.1) is 10.2 Å². The number of aromatic nitrogens is 2. The van der Waals surface area contributed by atoms with E-state index in [1.807, 2.05) is 30.3 Å². The van der Waals surface area contributed by atoms with E-state index in [9.17, 15) is 4.79 Å². The Morgan fingerprint density at radius 1 is 1.19 bits per heavy atom. The average Bonchev–Trinajstić information content (AvgIpc) is 2.85. The van der Waals surface area contributed by atoms with Gasteiger partial charge in [0.2, 0.25) is 11.0 Å². The second-order valence-corrected chi connectivity index (χ2v) is 6.73. The van der Waals surface area contributed by atoms with Crippen molar-refractivity contribution in [1.29, 1.82) is 0 Å². The van der Waals surface area contributed by atoms with Crippen molar-refractivity contribution < 1.29 is 4.79 Å². The summed E-state index contributed by atoms with van der Waals surface area (Å²) in [5.41, 5.74) is 1.17. The normalized spacial score (nSPS) is 12.4. The highest BCUT2D eigenvalue weighted by Crippen LogP contribution is 2.21. The molecular formula is C16H21N3OS. The molecular weight excluding hydrogens is 282 g/mol. The van der Waals surface area contributed by atoms with Crippen LogP contribution in [0.3, 0.4) is 0 Å². The molecule has 0 aliphatic carbocycles. The fourth-order valence-electron chi connectivity index (χ4n) is 2.08. The first kappa shape index (κ1) is 15.6. The van der Waals surface area contributed by atoms with Gasteiger partial charge >= 0.3 is 0 Å². The zero-order valence-corrected chi connectivity index (χ0v) is 13.5. The van der Waals surface area contributed by atoms with Crippen LogP contribution in [0.4, 0.5) is 5.13 Å². The summed E-state index contributed by atoms with van der Waals surface area (Å²) >= 11 is 1.46. The van der Waals surface area contributed by atoms with E-state index >= 15 is 0 Å². The molecule has 2 rings (SSSR count). The number of nitrogens with one attached hydrogen (secondary N) is 1. The molecule has 0 aliphatic rings. The molecule has 1 aromatic carbocycles. The van der Waals surface area contributed by atoms with Gasteiger partial charge < -0.3 is 5.32 Å². The lowest BCUT2D eigenvalue weighted by Gasteiger charge is -2.10. The summed E-state index contributed by atoms with van der Waals surface area (Å²) in [5, 5.41) is 12.5. The molecule has 0 bridgehead atoms. The van der Waals surface area contributed by atoms with E-state index < -0.39 is 0 Å². The minimum Gasteiger partial charge on any atom is -0.301 e. The molecule has 1 amide bonds. The third-order valence-electron chi connectivity index (χ3n) is 3.16. The van der Waals surface area contributed by atoms with E-state index in [1.165, 1.54) is 16.9 Å². The van der Waals surface area contributed by atoms with Crippen molar-refractivity contribution in [3.63, 3.8) is 0 Å². The Balaban J connectivity index is 1.88. The van der Waals surface area contributed by atoms with Gasteiger partial charge in [-0.25, -0.2) is 0 Å². The molecule has 0 fully saturated rings. The van der Waals surface area contributed by atoms with Crippen LogP contribution in [0.1, 0.15) is 43.7 Å². The number of hydrogen-bond donors (Lipinski definition) is 1. The van der Waals surface area contributed by atoms with Crippen molar-refractivity contribution in [3.05, 3.63) is 40.9 Å². The van der Waals surface area contributed by atoms with E-state index in [4.69, 9.17) is 0 Å². The summed E-state index contributed by atoms with van der Waals surface area (Å²) in [5.74, 6) is 0.715. The monoisotopic (exact) mass is 303 g/mol. The number of carbonyl (C=O) groups is 1. The number of hydrogen-bond acceptors (Lipinski definition) is 4. The molecule has 0 saturated heterocycles. The third-order valence-corrected chi connectivity index (χ3v) is 4.02. The molecule has 0 unspecified atom stereocenters. The molecule has 1 N–H and O–H groups in total. The molecule has 21 heavy (non-hydrogen) atoms. The van der Waals surface area contributed by atoms with Gasteiger partial charge in [0.05, 0.1) is 0 Å². The topological polar surface area (TPSA) is 54.9 Å². The van der Waals surface area contributed by atoms with Crippen molar-refractivity contribution in [2.45, 2.75) is 39.5 Å². The van der Waals surface area contributed by atoms with Gasteiger partial charge in [0, 0.05) is 12.8 Å². The van der Waals surface area contributed by atoms with Crippen molar-refractivity contribution >= 4 is 22.4 Å². The molecule has 5 heteroatoms. The Labute approximate surface area is 129 Å². The number of amides is 1. The van der Waals surface area contributed by atoms with E-state index in [2.05, 4.69) is 36.3 Å². The van der Waals surface area contributed by atoms with E-state index in [1.54, 1.807) is 0 Å². The van der Waals surface area contributed by atoms with Crippen molar-refractivity contribution in [3.8, 4) is 0 Å². The average molecular weight is 303 g/mol. The summed E-state index contributed by atoms with van der Waals surface area (Å²) in [4.78, 5) is 12.1. The van der Waals surface area contributed by atoms with Crippen LogP contribution in [0, 0.1) is 5.92 Å². The first-order chi connectivity index (χ1) is 10.0. The molecule has 0 radical (unpaired) electrons. The van der Waals surface area contributed by atoms with Gasteiger partial charge in [-0.2, -0.15) is 0 Å². The van der Waals surface area contributed by atoms with Crippen LogP contribution in [-0.4, -0.2) is 16.1 Å². The fourth-order valence-corrected chi connectivity index (χ4v) is 3.05. The Bertz CT molecular complexity index is 580. The Morgan fingerprint density at radius 3 is 2.57 bits per heavy atom. The molecule has 4 nitrogen and oxygen atoms in total. The fraction of sp³-hybridized carbons (Fsp3) is 0.438. The van der Waals surface area contributed by atoms with E-state index in [0.29, 0.717) is 17.5 Å². The lowest BCUT2D eigenvalue weighted by Crippen LogP contribution is -2.14. The maximum absolute atomic E-state index is 12.1. The summed E-state index contributed by atoms with van der Waals surface area (Å²) < 4.78 is 0. The van der Waals surface area contributed by atoms with Gasteiger partial charge in [0.25, 0.3) is 0 Å². The van der Waals surface area contributed by atoms with Crippen LogP contribution in [0.15, 0.2) is 30.3 Å². The predicted octanol–water partition coefficient (Wildman–Crippen LogP) is 3.87. The third kappa shape index (κ3) is 4.93. The predicted molar refractivity (Wildman–Crippen MR) is 86.6 cm³/mol. The standard InChI is InChI=1S/C16H21N3OS/c1-11(2)9-15-18-19-16(21-15)17-14(20)10-12(3)13-7-5-4-6-8-13/h4-8,11-12H,9-10H2,1-3H3,(H,17,19,20)/t12-/m1/s1. The minimum atomic E-state index is -0.0152. The van der Waals surface area contributed by atoms with Crippen LogP contribution < -0.4 is 5.32 Å². The Kier molecular flexibility index (Phi) is 5.44. The first-order valence-corrected chi connectivity index (χ1v) is 8.03. The van der Waals surface area contributed by atoms with Gasteiger partial charge in [0.15, 0.2) is 0 Å². The Hall–Kier alpha value is -1.75. The molecule has 0 saturated carbocycles. The highest BCUT2D eigenvalue weighted by atomic mass is 32.1. The highest BCUT2D eigenvalue weighted by molar-refractivity contribution is 7.15. The summed E-state index contributed by atoms with van der Waals surface area (Å²) in [6, 6.07) is 10.1. The molecule has 1 atom stereocenters. The second-order valence-electron chi connectivity index (χ2n) is 5.66. The zero-order chi connectivity index (χ0) is 15.2. The Morgan fingerprint density at radius 2 is 1.90 bits per heavy atom. The lowest BCUT2D eigenvalue weighted by molar-refractivity contribution is -0.116. The molecule has 0 aliphatic heterocycles. The summed E-state index contributed by atoms with van der Waals surface area (Å²) in [7, 11) is 0. The molecule has 1 aromatic heterocycles. The SMILES string of the molecule is CC(C)Cc1nnc(NC(=O)C[C@@H](C)c2ccccc2)s1. The van der Waals surface area contributed by atoms with E-state index in [-0.39, 0.29) is 11.8 Å². The number of benzene rings is 1. The highest BCUT2D eigenvalue weighted by Gasteiger charge is 2.13. The van der Waals surface area contributed by atoms with Gasteiger partial charge in [0.1, 0.15) is 5.01 Å². The van der Waals surface area contributed by atoms with Crippen molar-refractivity contribution in [1.82, 2.24) is 10.2 Å². The van der Waals surface area contributed by atoms with E-state index in [0.717, 1.165) is 11.4 Å². The maximum Gasteiger partial charge on any atom is 0.226 e. The van der Waals surface area contributed by atoms with Gasteiger partial charge in [-0.3, -0.25) is 4.79 Å². The molecule has 0 spiro atoms. The second kappa shape index (κ2) is 7.31. The maximum atomic E-state index is 12.1. The van der Waals surface area contributed by atoms with Crippen LogP contribution >= 0.6 is 11.3 Å². The first-order valence-electron chi connectivity index (χ1n) is 7.21. The number of rotatable bonds is 6. The summed E-state index contributed by atoms with van der Waals surface area (Å²) in [6.07, 6.45) is 1.34.